The summed E-state index contributed by atoms with van der Waals surface area (Å²) in [5.41, 5.74) is 1.24. The van der Waals surface area contributed by atoms with Gasteiger partial charge in [0.1, 0.15) is 5.52 Å². The number of hydrogen-bond acceptors (Lipinski definition) is 7. The number of piperazine rings is 1. The van der Waals surface area contributed by atoms with E-state index in [0.29, 0.717) is 55.6 Å². The fourth-order valence-corrected chi connectivity index (χ4v) is 7.33. The Morgan fingerprint density at radius 3 is 2.31 bits per heavy atom. The van der Waals surface area contributed by atoms with Crippen LogP contribution in [0.25, 0.3) is 10.2 Å². The van der Waals surface area contributed by atoms with Crippen molar-refractivity contribution < 1.29 is 17.9 Å². The molecule has 5 rings (SSSR count). The third-order valence-corrected chi connectivity index (χ3v) is 9.84. The highest BCUT2D eigenvalue weighted by Crippen LogP contribution is 2.38. The fraction of sp³-hybridized carbons (Fsp3) is 0.417. The number of halogens is 1. The lowest BCUT2D eigenvalue weighted by atomic mass is 10.2. The molecule has 11 heteroatoms. The molecule has 0 spiro atoms. The predicted octanol–water partition coefficient (Wildman–Crippen LogP) is 4.10. The van der Waals surface area contributed by atoms with E-state index in [1.54, 1.807) is 47.6 Å². The number of thiazole rings is 1. The lowest BCUT2D eigenvalue weighted by Crippen LogP contribution is -2.48. The molecule has 0 radical (unpaired) electrons. The first kappa shape index (κ1) is 24.3. The van der Waals surface area contributed by atoms with Gasteiger partial charge in [0.15, 0.2) is 10.9 Å². The normalized spacial score (nSPS) is 17.7. The van der Waals surface area contributed by atoms with Gasteiger partial charge in [0.25, 0.3) is 5.91 Å². The number of ether oxygens (including phenoxy) is 1. The van der Waals surface area contributed by atoms with Crippen LogP contribution < -0.4 is 9.64 Å². The lowest BCUT2D eigenvalue weighted by molar-refractivity contribution is 0.0746. The van der Waals surface area contributed by atoms with E-state index in [1.807, 2.05) is 12.1 Å². The zero-order valence-corrected chi connectivity index (χ0v) is 21.8. The Balaban J connectivity index is 1.24. The number of rotatable bonds is 5. The second-order valence-corrected chi connectivity index (χ2v) is 12.0. The van der Waals surface area contributed by atoms with Crippen LogP contribution in [0.1, 0.15) is 29.6 Å². The number of hydrogen-bond donors (Lipinski definition) is 0. The minimum Gasteiger partial charge on any atom is -0.493 e. The van der Waals surface area contributed by atoms with Gasteiger partial charge in [0, 0.05) is 44.8 Å². The third-order valence-electron chi connectivity index (χ3n) is 6.55. The Morgan fingerprint density at radius 2 is 1.66 bits per heavy atom. The summed E-state index contributed by atoms with van der Waals surface area (Å²) in [5, 5.41) is 1.40. The van der Waals surface area contributed by atoms with Crippen LogP contribution in [0.2, 0.25) is 5.02 Å². The lowest BCUT2D eigenvalue weighted by Gasteiger charge is -2.34. The molecule has 3 heterocycles. The number of anilines is 1. The molecule has 186 valence electrons. The van der Waals surface area contributed by atoms with E-state index < -0.39 is 10.0 Å². The van der Waals surface area contributed by atoms with Crippen LogP contribution in [-0.2, 0) is 10.0 Å². The largest absolute Gasteiger partial charge is 0.493 e. The van der Waals surface area contributed by atoms with Gasteiger partial charge in [-0.05, 0) is 49.2 Å². The van der Waals surface area contributed by atoms with Crippen LogP contribution in [0.15, 0.2) is 41.3 Å². The van der Waals surface area contributed by atoms with Crippen molar-refractivity contribution in [2.24, 2.45) is 0 Å². The molecule has 1 amide bonds. The molecule has 0 bridgehead atoms. The maximum atomic E-state index is 13.1. The molecule has 3 aromatic rings. The molecule has 2 fully saturated rings. The number of benzene rings is 2. The van der Waals surface area contributed by atoms with Crippen molar-refractivity contribution in [3.8, 4) is 5.75 Å². The number of nitrogens with zero attached hydrogens (tertiary/aromatic N) is 4. The third kappa shape index (κ3) is 4.72. The van der Waals surface area contributed by atoms with Crippen LogP contribution in [0.4, 0.5) is 5.13 Å². The molecule has 0 unspecified atom stereocenters. The zero-order chi connectivity index (χ0) is 24.6. The first-order valence-electron chi connectivity index (χ1n) is 11.7. The molecular weight excluding hydrogens is 508 g/mol. The summed E-state index contributed by atoms with van der Waals surface area (Å²) < 4.78 is 33.7. The molecule has 35 heavy (non-hydrogen) atoms. The van der Waals surface area contributed by atoms with Crippen LogP contribution in [0.3, 0.4) is 0 Å². The van der Waals surface area contributed by atoms with E-state index in [-0.39, 0.29) is 10.8 Å². The number of carbonyl (C=O) groups is 1. The molecule has 0 saturated carbocycles. The van der Waals surface area contributed by atoms with Gasteiger partial charge in [-0.1, -0.05) is 29.4 Å². The summed E-state index contributed by atoms with van der Waals surface area (Å²) in [6.45, 7) is 3.54. The molecular formula is C24H27ClN4O4S2. The van der Waals surface area contributed by atoms with Crippen LogP contribution >= 0.6 is 22.9 Å². The Bertz CT molecular complexity index is 1330. The summed E-state index contributed by atoms with van der Waals surface area (Å²) in [6.07, 6.45) is 2.84. The number of amides is 1. The highest BCUT2D eigenvalue weighted by molar-refractivity contribution is 7.89. The summed E-state index contributed by atoms with van der Waals surface area (Å²) in [7, 11) is -1.92. The van der Waals surface area contributed by atoms with Crippen LogP contribution in [0.5, 0.6) is 5.75 Å². The maximum absolute atomic E-state index is 13.1. The molecule has 1 aromatic heterocycles. The van der Waals surface area contributed by atoms with E-state index in [9.17, 15) is 13.2 Å². The number of fused-ring (bicyclic) bond motifs is 1. The standard InChI is InChI=1S/C24H27ClN4O4S2/c1-33-22-19(25)9-10-20-21(22)26-24(34-20)28-15-13-27(14-16-28)23(30)17-5-7-18(8-6-17)35(31,32)29-11-3-2-4-12-29/h5-10H,2-4,11-16H2,1H3. The summed E-state index contributed by atoms with van der Waals surface area (Å²) >= 11 is 7.81. The first-order valence-corrected chi connectivity index (χ1v) is 14.3. The number of sulfonamides is 1. The molecule has 2 aromatic carbocycles. The van der Waals surface area contributed by atoms with E-state index >= 15 is 0 Å². The fourth-order valence-electron chi connectivity index (χ4n) is 4.57. The minimum absolute atomic E-state index is 0.0932. The van der Waals surface area contributed by atoms with Crippen molar-refractivity contribution in [3.63, 3.8) is 0 Å². The molecule has 0 atom stereocenters. The number of methoxy groups -OCH3 is 1. The molecule has 8 nitrogen and oxygen atoms in total. The summed E-state index contributed by atoms with van der Waals surface area (Å²) in [6, 6.07) is 10.1. The zero-order valence-electron chi connectivity index (χ0n) is 19.4. The number of piperidine rings is 1. The van der Waals surface area contributed by atoms with Crippen molar-refractivity contribution in [3.05, 3.63) is 47.0 Å². The second kappa shape index (κ2) is 9.93. The average molecular weight is 535 g/mol. The van der Waals surface area contributed by atoms with E-state index in [1.165, 1.54) is 4.31 Å². The van der Waals surface area contributed by atoms with Gasteiger partial charge in [-0.15, -0.1) is 0 Å². The Kier molecular flexibility index (Phi) is 6.89. The van der Waals surface area contributed by atoms with Crippen LogP contribution in [-0.4, -0.2) is 74.9 Å². The Morgan fingerprint density at radius 1 is 0.971 bits per heavy atom. The number of aromatic nitrogens is 1. The number of carbonyl (C=O) groups excluding carboxylic acids is 1. The monoisotopic (exact) mass is 534 g/mol. The van der Waals surface area contributed by atoms with E-state index in [0.717, 1.165) is 34.6 Å². The maximum Gasteiger partial charge on any atom is 0.253 e. The van der Waals surface area contributed by atoms with Gasteiger partial charge in [0.2, 0.25) is 10.0 Å². The van der Waals surface area contributed by atoms with Crippen molar-refractivity contribution in [1.82, 2.24) is 14.2 Å². The Labute approximate surface area is 214 Å². The predicted molar refractivity (Wildman–Crippen MR) is 138 cm³/mol. The molecule has 0 aliphatic carbocycles. The highest BCUT2D eigenvalue weighted by Gasteiger charge is 2.28. The van der Waals surface area contributed by atoms with Gasteiger partial charge in [-0.2, -0.15) is 4.31 Å². The van der Waals surface area contributed by atoms with Crippen LogP contribution in [0, 0.1) is 0 Å². The van der Waals surface area contributed by atoms with Gasteiger partial charge in [0.05, 0.1) is 21.7 Å². The SMILES string of the molecule is COc1c(Cl)ccc2sc(N3CCN(C(=O)c4ccc(S(=O)(=O)N5CCCCC5)cc4)CC3)nc12. The van der Waals surface area contributed by atoms with Crippen molar-refractivity contribution in [2.45, 2.75) is 24.2 Å². The quantitative estimate of drug-likeness (QED) is 0.490. The first-order chi connectivity index (χ1) is 16.9. The highest BCUT2D eigenvalue weighted by atomic mass is 35.5. The topological polar surface area (TPSA) is 83.0 Å². The second-order valence-electron chi connectivity index (χ2n) is 8.69. The van der Waals surface area contributed by atoms with Gasteiger partial charge < -0.3 is 14.5 Å². The molecule has 2 saturated heterocycles. The molecule has 2 aliphatic rings. The smallest absolute Gasteiger partial charge is 0.253 e. The van der Waals surface area contributed by atoms with E-state index in [4.69, 9.17) is 21.3 Å². The molecule has 0 N–H and O–H groups in total. The van der Waals surface area contributed by atoms with Gasteiger partial charge in [-0.3, -0.25) is 4.79 Å². The van der Waals surface area contributed by atoms with Gasteiger partial charge >= 0.3 is 0 Å². The Hall–Kier alpha value is -2.40. The summed E-state index contributed by atoms with van der Waals surface area (Å²) in [4.78, 5) is 22.0. The van der Waals surface area contributed by atoms with Crippen molar-refractivity contribution in [1.29, 1.82) is 0 Å². The molecule has 2 aliphatic heterocycles. The average Bonchev–Trinajstić information content (AvgIpc) is 3.33. The van der Waals surface area contributed by atoms with E-state index in [2.05, 4.69) is 4.90 Å². The summed E-state index contributed by atoms with van der Waals surface area (Å²) in [5.74, 6) is 0.482. The van der Waals surface area contributed by atoms with Crippen molar-refractivity contribution >= 4 is 54.2 Å². The van der Waals surface area contributed by atoms with Gasteiger partial charge in [-0.25, -0.2) is 13.4 Å². The minimum atomic E-state index is -3.51. The van der Waals surface area contributed by atoms with Crippen molar-refractivity contribution in [2.75, 3.05) is 51.3 Å².